The molecule has 2 heterocycles. The molecule has 1 saturated heterocycles. The van der Waals surface area contributed by atoms with Crippen LogP contribution in [-0.4, -0.2) is 52.8 Å². The number of hydrogen-bond acceptors (Lipinski definition) is 6. The first kappa shape index (κ1) is 21.0. The molecule has 30 heavy (non-hydrogen) atoms. The average Bonchev–Trinajstić information content (AvgIpc) is 3.12. The summed E-state index contributed by atoms with van der Waals surface area (Å²) in [6, 6.07) is 10.2. The van der Waals surface area contributed by atoms with Crippen LogP contribution in [0.5, 0.6) is 5.75 Å². The number of ether oxygens (including phenoxy) is 2. The number of hydrogen-bond donors (Lipinski definition) is 1. The van der Waals surface area contributed by atoms with Gasteiger partial charge in [-0.1, -0.05) is 17.7 Å². The maximum Gasteiger partial charge on any atom is 0.268 e. The molecule has 7 nitrogen and oxygen atoms in total. The smallest absolute Gasteiger partial charge is 0.268 e. The van der Waals surface area contributed by atoms with Gasteiger partial charge in [-0.3, -0.25) is 0 Å². The van der Waals surface area contributed by atoms with Crippen molar-refractivity contribution in [3.63, 3.8) is 0 Å². The van der Waals surface area contributed by atoms with Crippen molar-refractivity contribution in [2.45, 2.75) is 11.5 Å². The summed E-state index contributed by atoms with van der Waals surface area (Å²) in [4.78, 5) is 2.33. The van der Waals surface area contributed by atoms with Crippen LogP contribution < -0.4 is 15.0 Å². The van der Waals surface area contributed by atoms with Gasteiger partial charge in [0.25, 0.3) is 10.0 Å². The second-order valence-electron chi connectivity index (χ2n) is 7.12. The average molecular weight is 450 g/mol. The molecule has 1 N–H and O–H groups in total. The lowest BCUT2D eigenvalue weighted by molar-refractivity contribution is 0.186. The molecule has 0 radical (unpaired) electrons. The molecular formula is C21H24ClN3O4S. The van der Waals surface area contributed by atoms with E-state index in [0.717, 1.165) is 42.8 Å². The molecule has 1 aromatic heterocycles. The highest BCUT2D eigenvalue weighted by molar-refractivity contribution is 7.90. The summed E-state index contributed by atoms with van der Waals surface area (Å²) in [5.41, 5.74) is 2.07. The highest BCUT2D eigenvalue weighted by Crippen LogP contribution is 2.34. The van der Waals surface area contributed by atoms with E-state index in [4.69, 9.17) is 21.1 Å². The number of piperazine rings is 1. The van der Waals surface area contributed by atoms with Gasteiger partial charge in [0.1, 0.15) is 5.75 Å². The fourth-order valence-corrected chi connectivity index (χ4v) is 5.38. The Bertz CT molecular complexity index is 1170. The van der Waals surface area contributed by atoms with Crippen LogP contribution >= 0.6 is 11.6 Å². The maximum absolute atomic E-state index is 13.6. The van der Waals surface area contributed by atoms with E-state index in [-0.39, 0.29) is 4.90 Å². The quantitative estimate of drug-likeness (QED) is 0.623. The summed E-state index contributed by atoms with van der Waals surface area (Å²) in [5, 5.41) is 4.57. The van der Waals surface area contributed by atoms with Crippen LogP contribution in [0.2, 0.25) is 5.02 Å². The van der Waals surface area contributed by atoms with Crippen molar-refractivity contribution in [2.75, 3.05) is 45.3 Å². The minimum atomic E-state index is -3.86. The number of methoxy groups -OCH3 is 2. The van der Waals surface area contributed by atoms with Gasteiger partial charge in [-0.05, 0) is 30.3 Å². The normalized spacial score (nSPS) is 15.0. The molecule has 1 aliphatic rings. The Hall–Kier alpha value is -2.26. The van der Waals surface area contributed by atoms with Crippen molar-refractivity contribution in [1.29, 1.82) is 0 Å². The summed E-state index contributed by atoms with van der Waals surface area (Å²) in [6.45, 7) is 3.53. The van der Waals surface area contributed by atoms with Crippen LogP contribution in [0.3, 0.4) is 0 Å². The van der Waals surface area contributed by atoms with E-state index >= 15 is 0 Å². The summed E-state index contributed by atoms with van der Waals surface area (Å²) in [5.74, 6) is 0.649. The second-order valence-corrected chi connectivity index (χ2v) is 9.37. The number of rotatable bonds is 6. The second kappa shape index (κ2) is 8.47. The van der Waals surface area contributed by atoms with Crippen LogP contribution in [0.4, 0.5) is 5.69 Å². The first-order valence-electron chi connectivity index (χ1n) is 9.63. The molecule has 4 rings (SSSR count). The van der Waals surface area contributed by atoms with Crippen molar-refractivity contribution in [3.8, 4) is 5.75 Å². The molecule has 0 aliphatic carbocycles. The van der Waals surface area contributed by atoms with Gasteiger partial charge in [-0.25, -0.2) is 12.4 Å². The lowest BCUT2D eigenvalue weighted by atomic mass is 10.2. The van der Waals surface area contributed by atoms with Crippen molar-refractivity contribution < 1.29 is 17.9 Å². The molecule has 0 saturated carbocycles. The SMILES string of the molecule is COCc1cn(S(=O)(=O)c2ccc(OC)c(N3CCNCC3)c2)c2cc(Cl)ccc12. The van der Waals surface area contributed by atoms with Crippen molar-refractivity contribution in [1.82, 2.24) is 9.29 Å². The van der Waals surface area contributed by atoms with Gasteiger partial charge in [0.05, 0.1) is 29.8 Å². The third kappa shape index (κ3) is 3.76. The zero-order chi connectivity index (χ0) is 21.3. The van der Waals surface area contributed by atoms with Gasteiger partial charge in [0.15, 0.2) is 0 Å². The number of aromatic nitrogens is 1. The molecule has 9 heteroatoms. The third-order valence-corrected chi connectivity index (χ3v) is 7.19. The van der Waals surface area contributed by atoms with Crippen molar-refractivity contribution >= 4 is 38.2 Å². The van der Waals surface area contributed by atoms with Gasteiger partial charge in [0, 0.05) is 55.5 Å². The number of fused-ring (bicyclic) bond motifs is 1. The van der Waals surface area contributed by atoms with E-state index in [1.165, 1.54) is 3.97 Å². The molecule has 0 amide bonds. The molecule has 0 bridgehead atoms. The van der Waals surface area contributed by atoms with Crippen LogP contribution in [0.25, 0.3) is 10.9 Å². The topological polar surface area (TPSA) is 72.8 Å². The fraction of sp³-hybridized carbons (Fsp3) is 0.333. The molecule has 0 spiro atoms. The predicted octanol–water partition coefficient (Wildman–Crippen LogP) is 3.10. The highest BCUT2D eigenvalue weighted by atomic mass is 35.5. The molecule has 0 unspecified atom stereocenters. The summed E-state index contributed by atoms with van der Waals surface area (Å²) in [7, 11) is -0.690. The number of nitrogens with one attached hydrogen (secondary N) is 1. The number of benzene rings is 2. The minimum absolute atomic E-state index is 0.192. The largest absolute Gasteiger partial charge is 0.495 e. The van der Waals surface area contributed by atoms with Crippen LogP contribution in [0.15, 0.2) is 47.5 Å². The van der Waals surface area contributed by atoms with E-state index < -0.39 is 10.0 Å². The Labute approximate surface area is 181 Å². The van der Waals surface area contributed by atoms with Crippen molar-refractivity contribution in [3.05, 3.63) is 53.2 Å². The van der Waals surface area contributed by atoms with E-state index in [9.17, 15) is 8.42 Å². The minimum Gasteiger partial charge on any atom is -0.495 e. The lowest BCUT2D eigenvalue weighted by Crippen LogP contribution is -2.43. The first-order valence-corrected chi connectivity index (χ1v) is 11.4. The lowest BCUT2D eigenvalue weighted by Gasteiger charge is -2.30. The first-order chi connectivity index (χ1) is 14.5. The standard InChI is InChI=1S/C21H24ClN3O4S/c1-28-14-15-13-25(19-11-16(22)3-5-18(15)19)30(26,27)17-4-6-21(29-2)20(12-17)24-9-7-23-8-10-24/h3-6,11-13,23H,7-10,14H2,1-2H3. The molecule has 3 aromatic rings. The molecule has 1 fully saturated rings. The monoisotopic (exact) mass is 449 g/mol. The summed E-state index contributed by atoms with van der Waals surface area (Å²) < 4.78 is 39.3. The Kier molecular flexibility index (Phi) is 5.92. The van der Waals surface area contributed by atoms with Gasteiger partial charge in [0.2, 0.25) is 0 Å². The van der Waals surface area contributed by atoms with E-state index in [0.29, 0.717) is 22.9 Å². The highest BCUT2D eigenvalue weighted by Gasteiger charge is 2.24. The zero-order valence-corrected chi connectivity index (χ0v) is 18.5. The van der Waals surface area contributed by atoms with Crippen LogP contribution in [-0.2, 0) is 21.4 Å². The summed E-state index contributed by atoms with van der Waals surface area (Å²) >= 11 is 6.17. The maximum atomic E-state index is 13.6. The Morgan fingerprint density at radius 2 is 1.87 bits per heavy atom. The zero-order valence-electron chi connectivity index (χ0n) is 16.9. The van der Waals surface area contributed by atoms with Crippen molar-refractivity contribution in [2.24, 2.45) is 0 Å². The van der Waals surface area contributed by atoms with Gasteiger partial charge in [-0.2, -0.15) is 0 Å². The molecule has 1 aliphatic heterocycles. The Balaban J connectivity index is 1.85. The number of anilines is 1. The molecule has 160 valence electrons. The number of halogens is 1. The predicted molar refractivity (Wildman–Crippen MR) is 118 cm³/mol. The molecule has 2 aromatic carbocycles. The van der Waals surface area contributed by atoms with Crippen LogP contribution in [0, 0.1) is 0 Å². The Morgan fingerprint density at radius 3 is 2.57 bits per heavy atom. The van der Waals surface area contributed by atoms with Gasteiger partial charge < -0.3 is 19.7 Å². The third-order valence-electron chi connectivity index (χ3n) is 5.28. The van der Waals surface area contributed by atoms with E-state index in [2.05, 4.69) is 10.2 Å². The Morgan fingerprint density at radius 1 is 1.10 bits per heavy atom. The van der Waals surface area contributed by atoms with Gasteiger partial charge in [-0.15, -0.1) is 0 Å². The summed E-state index contributed by atoms with van der Waals surface area (Å²) in [6.07, 6.45) is 1.61. The van der Waals surface area contributed by atoms with Crippen LogP contribution in [0.1, 0.15) is 5.56 Å². The van der Waals surface area contributed by atoms with E-state index in [1.54, 1.807) is 50.7 Å². The fourth-order valence-electron chi connectivity index (χ4n) is 3.81. The van der Waals surface area contributed by atoms with E-state index in [1.807, 2.05) is 6.07 Å². The molecular weight excluding hydrogens is 426 g/mol. The molecule has 0 atom stereocenters. The van der Waals surface area contributed by atoms with Gasteiger partial charge >= 0.3 is 0 Å². The number of nitrogens with zero attached hydrogens (tertiary/aromatic N) is 2.